The zero-order chi connectivity index (χ0) is 25.3. The number of nitriles is 1. The molecule has 0 amide bonds. The number of hydrogen-bond donors (Lipinski definition) is 3. The lowest BCUT2D eigenvalue weighted by Gasteiger charge is -2.19. The second kappa shape index (κ2) is 9.23. The molecule has 0 unspecified atom stereocenters. The first-order chi connectivity index (χ1) is 16.8. The number of carbonyl (C=O) groups is 2. The van der Waals surface area contributed by atoms with Crippen LogP contribution < -0.4 is 11.0 Å². The third-order valence-corrected chi connectivity index (χ3v) is 5.77. The fraction of sp³-hybridized carbons (Fsp3) is 0.200. The summed E-state index contributed by atoms with van der Waals surface area (Å²) in [5, 5.41) is 38.5. The fourth-order valence-electron chi connectivity index (χ4n) is 3.92. The average molecular weight is 471 g/mol. The van der Waals surface area contributed by atoms with E-state index in [0.717, 1.165) is 17.5 Å². The van der Waals surface area contributed by atoms with E-state index in [-0.39, 0.29) is 50.5 Å². The molecule has 2 aromatic carbocycles. The van der Waals surface area contributed by atoms with Crippen LogP contribution in [0.5, 0.6) is 11.6 Å². The number of fused-ring (bicyclic) bond motifs is 2. The van der Waals surface area contributed by atoms with E-state index >= 15 is 0 Å². The maximum absolute atomic E-state index is 13.2. The quantitative estimate of drug-likeness (QED) is 0.283. The second-order valence-electron chi connectivity index (χ2n) is 7.94. The Labute approximate surface area is 199 Å². The first-order valence-corrected chi connectivity index (χ1v) is 10.9. The van der Waals surface area contributed by atoms with Crippen molar-refractivity contribution in [2.45, 2.75) is 26.7 Å². The van der Waals surface area contributed by atoms with E-state index in [4.69, 9.17) is 0 Å². The molecule has 1 heterocycles. The first-order valence-electron chi connectivity index (χ1n) is 10.9. The number of benzene rings is 2. The molecule has 1 aromatic heterocycles. The number of aromatic nitrogens is 1. The van der Waals surface area contributed by atoms with Gasteiger partial charge in [-0.1, -0.05) is 37.6 Å². The summed E-state index contributed by atoms with van der Waals surface area (Å²) in [5.41, 5.74) is 1.94. The van der Waals surface area contributed by atoms with E-state index in [0.29, 0.717) is 6.54 Å². The molecule has 3 N–H and O–H groups in total. The summed E-state index contributed by atoms with van der Waals surface area (Å²) >= 11 is 0. The molecule has 176 valence electrons. The summed E-state index contributed by atoms with van der Waals surface area (Å²) in [6.45, 7) is 3.80. The maximum Gasteiger partial charge on any atom is 0.290 e. The van der Waals surface area contributed by atoms with Crippen molar-refractivity contribution >= 4 is 22.9 Å². The molecule has 0 aliphatic heterocycles. The molecule has 0 atom stereocenters. The van der Waals surface area contributed by atoms with Gasteiger partial charge in [-0.2, -0.15) is 9.94 Å². The third kappa shape index (κ3) is 3.83. The molecule has 0 fully saturated rings. The van der Waals surface area contributed by atoms with Crippen molar-refractivity contribution in [3.05, 3.63) is 80.1 Å². The number of nitrogens with one attached hydrogen (secondary N) is 1. The van der Waals surface area contributed by atoms with E-state index in [1.807, 2.05) is 13.0 Å². The number of phenols is 1. The highest BCUT2D eigenvalue weighted by Crippen LogP contribution is 2.38. The van der Waals surface area contributed by atoms with Crippen LogP contribution in [0.4, 0.5) is 11.4 Å². The van der Waals surface area contributed by atoms with Crippen molar-refractivity contribution in [2.24, 2.45) is 10.2 Å². The molecule has 0 saturated carbocycles. The van der Waals surface area contributed by atoms with Crippen LogP contribution in [0, 0.1) is 18.3 Å². The number of aromatic hydroxyl groups is 2. The predicted octanol–water partition coefficient (Wildman–Crippen LogP) is 3.97. The van der Waals surface area contributed by atoms with Gasteiger partial charge in [-0.15, -0.1) is 10.2 Å². The molecule has 0 saturated heterocycles. The van der Waals surface area contributed by atoms with Crippen LogP contribution in [0.1, 0.15) is 62.7 Å². The van der Waals surface area contributed by atoms with Crippen molar-refractivity contribution in [3.63, 3.8) is 0 Å². The highest BCUT2D eigenvalue weighted by molar-refractivity contribution is 6.30. The molecule has 10 nitrogen and oxygen atoms in total. The Bertz CT molecular complexity index is 1510. The number of rotatable bonds is 6. The van der Waals surface area contributed by atoms with Gasteiger partial charge in [-0.3, -0.25) is 14.4 Å². The number of hydrogen-bond acceptors (Lipinski definition) is 9. The number of unbranched alkanes of at least 4 members (excludes halogenated alkanes) is 1. The largest absolute Gasteiger partial charge is 0.507 e. The lowest BCUT2D eigenvalue weighted by Crippen LogP contribution is -2.31. The van der Waals surface area contributed by atoms with Crippen LogP contribution >= 0.6 is 0 Å². The van der Waals surface area contributed by atoms with Crippen LogP contribution in [-0.4, -0.2) is 33.0 Å². The normalized spacial score (nSPS) is 12.4. The van der Waals surface area contributed by atoms with Crippen LogP contribution in [0.2, 0.25) is 0 Å². The summed E-state index contributed by atoms with van der Waals surface area (Å²) < 4.78 is 0.851. The number of ketones is 2. The van der Waals surface area contributed by atoms with Crippen molar-refractivity contribution < 1.29 is 19.8 Å². The molecule has 35 heavy (non-hydrogen) atoms. The SMILES string of the molecule is CCCCNn1c(O)c(/N=N/c2cccc3c2C(=O)c2cccc(O)c2C3=O)c(C)c(C#N)c1=O. The van der Waals surface area contributed by atoms with Crippen LogP contribution in [0.25, 0.3) is 0 Å². The van der Waals surface area contributed by atoms with E-state index in [9.17, 15) is 29.9 Å². The highest BCUT2D eigenvalue weighted by atomic mass is 16.3. The standard InChI is InChI=1S/C25H21N5O5/c1-3-4-11-27-30-24(34)16(12-26)13(2)21(25(30)35)29-28-17-9-5-7-14-19(17)22(32)15-8-6-10-18(31)20(15)23(14)33/h5-10,27,31,35H,3-4,11H2,1-2H3/b29-28+. The maximum atomic E-state index is 13.2. The van der Waals surface area contributed by atoms with Gasteiger partial charge in [0.05, 0.1) is 16.8 Å². The molecule has 1 aliphatic carbocycles. The van der Waals surface area contributed by atoms with Crippen molar-refractivity contribution in [1.82, 2.24) is 4.68 Å². The zero-order valence-corrected chi connectivity index (χ0v) is 19.0. The van der Waals surface area contributed by atoms with Gasteiger partial charge in [-0.25, -0.2) is 0 Å². The monoisotopic (exact) mass is 471 g/mol. The Balaban J connectivity index is 1.84. The van der Waals surface area contributed by atoms with E-state index in [1.54, 1.807) is 0 Å². The Morgan fingerprint density at radius 2 is 1.66 bits per heavy atom. The Morgan fingerprint density at radius 3 is 2.34 bits per heavy atom. The molecular formula is C25H21N5O5. The minimum absolute atomic E-state index is 0.00592. The first kappa shape index (κ1) is 23.4. The van der Waals surface area contributed by atoms with E-state index in [1.165, 1.54) is 43.3 Å². The lowest BCUT2D eigenvalue weighted by atomic mass is 9.83. The van der Waals surface area contributed by atoms with Gasteiger partial charge in [0.2, 0.25) is 5.88 Å². The summed E-state index contributed by atoms with van der Waals surface area (Å²) in [7, 11) is 0. The Morgan fingerprint density at radius 1 is 1.00 bits per heavy atom. The van der Waals surface area contributed by atoms with Crippen molar-refractivity contribution in [3.8, 4) is 17.7 Å². The van der Waals surface area contributed by atoms with Crippen LogP contribution in [-0.2, 0) is 0 Å². The van der Waals surface area contributed by atoms with E-state index in [2.05, 4.69) is 15.7 Å². The molecule has 4 rings (SSSR count). The molecule has 10 heteroatoms. The number of phenolic OH excluding ortho intramolecular Hbond substituents is 1. The average Bonchev–Trinajstić information content (AvgIpc) is 2.84. The van der Waals surface area contributed by atoms with Crippen molar-refractivity contribution in [2.75, 3.05) is 12.0 Å². The van der Waals surface area contributed by atoms with E-state index < -0.39 is 23.0 Å². The topological polar surface area (TPSA) is 157 Å². The van der Waals surface area contributed by atoms with Gasteiger partial charge in [0.25, 0.3) is 5.56 Å². The molecule has 0 spiro atoms. The second-order valence-corrected chi connectivity index (χ2v) is 7.94. The molecule has 0 radical (unpaired) electrons. The Kier molecular flexibility index (Phi) is 6.16. The minimum Gasteiger partial charge on any atom is -0.507 e. The highest BCUT2D eigenvalue weighted by Gasteiger charge is 2.33. The summed E-state index contributed by atoms with van der Waals surface area (Å²) in [6, 6.07) is 10.5. The van der Waals surface area contributed by atoms with Gasteiger partial charge in [0, 0.05) is 23.2 Å². The van der Waals surface area contributed by atoms with Gasteiger partial charge < -0.3 is 15.6 Å². The number of carbonyl (C=O) groups excluding carboxylic acids is 2. The Hall–Kier alpha value is -4.78. The molecule has 3 aromatic rings. The van der Waals surface area contributed by atoms with Gasteiger partial charge in [0.1, 0.15) is 17.4 Å². The van der Waals surface area contributed by atoms with Crippen LogP contribution in [0.3, 0.4) is 0 Å². The fourth-order valence-corrected chi connectivity index (χ4v) is 3.92. The van der Waals surface area contributed by atoms with Crippen LogP contribution in [0.15, 0.2) is 51.4 Å². The molecule has 1 aliphatic rings. The van der Waals surface area contributed by atoms with Gasteiger partial charge in [0.15, 0.2) is 17.3 Å². The van der Waals surface area contributed by atoms with Gasteiger partial charge >= 0.3 is 0 Å². The minimum atomic E-state index is -0.716. The number of nitrogens with zero attached hydrogens (tertiary/aromatic N) is 4. The summed E-state index contributed by atoms with van der Waals surface area (Å²) in [6.07, 6.45) is 1.57. The summed E-state index contributed by atoms with van der Waals surface area (Å²) in [4.78, 5) is 38.8. The molecule has 0 bridgehead atoms. The third-order valence-electron chi connectivity index (χ3n) is 5.77. The smallest absolute Gasteiger partial charge is 0.290 e. The number of pyridine rings is 1. The number of azo groups is 1. The lowest BCUT2D eigenvalue weighted by molar-refractivity contribution is 0.0977. The summed E-state index contributed by atoms with van der Waals surface area (Å²) in [5.74, 6) is -1.86. The predicted molar refractivity (Wildman–Crippen MR) is 127 cm³/mol. The molecular weight excluding hydrogens is 450 g/mol. The van der Waals surface area contributed by atoms with Gasteiger partial charge in [-0.05, 0) is 25.5 Å². The zero-order valence-electron chi connectivity index (χ0n) is 19.0. The van der Waals surface area contributed by atoms with Crippen molar-refractivity contribution in [1.29, 1.82) is 5.26 Å².